The topological polar surface area (TPSA) is 37.1 Å². The van der Waals surface area contributed by atoms with Crippen molar-refractivity contribution in [2.45, 2.75) is 39.7 Å². The summed E-state index contributed by atoms with van der Waals surface area (Å²) < 4.78 is 0. The normalized spacial score (nSPS) is 12.2. The van der Waals surface area contributed by atoms with Crippen LogP contribution in [0, 0.1) is 6.92 Å². The number of amidine groups is 2. The maximum atomic E-state index is 5.01. The van der Waals surface area contributed by atoms with Crippen LogP contribution in [0.4, 0.5) is 0 Å². The number of benzene rings is 7. The second-order valence-electron chi connectivity index (χ2n) is 14.6. The Morgan fingerprint density at radius 3 is 1.75 bits per heavy atom. The molecule has 0 N–H and O–H groups in total. The largest absolute Gasteiger partial charge is 0.261 e. The van der Waals surface area contributed by atoms with Crippen molar-refractivity contribution in [3.8, 4) is 33.4 Å². The first-order valence-corrected chi connectivity index (χ1v) is 19.2. The smallest absolute Gasteiger partial charge is 0.161 e. The van der Waals surface area contributed by atoms with Gasteiger partial charge in [0.05, 0.1) is 6.54 Å². The summed E-state index contributed by atoms with van der Waals surface area (Å²) in [6.45, 7) is 13.2. The Bertz CT molecular complexity index is 2510. The highest BCUT2D eigenvalue weighted by molar-refractivity contribution is 6.12. The molecule has 0 atom stereocenters. The predicted molar refractivity (Wildman–Crippen MR) is 240 cm³/mol. The Morgan fingerprint density at radius 2 is 1.09 bits per heavy atom. The lowest BCUT2D eigenvalue weighted by Crippen LogP contribution is -2.18. The Balaban J connectivity index is 1.09. The van der Waals surface area contributed by atoms with Crippen molar-refractivity contribution in [2.75, 3.05) is 0 Å². The van der Waals surface area contributed by atoms with E-state index in [1.165, 1.54) is 44.5 Å². The van der Waals surface area contributed by atoms with Crippen molar-refractivity contribution in [2.24, 2.45) is 15.0 Å². The molecule has 7 rings (SSSR count). The second kappa shape index (κ2) is 17.2. The maximum Gasteiger partial charge on any atom is 0.161 e. The molecule has 0 fully saturated rings. The number of aliphatic imine (C=N–C) groups is 3. The molecule has 3 heteroatoms. The SMILES string of the molecule is C=NC(=NC(=NCc1ccc(C(C)(C)c2ccc(-c3cccc(-c4cccc(C)c4/C=C\C)c3)cc2)cc1)c1ccccc1)c1ccc(-c2ccccc2)cc1. The first-order valence-electron chi connectivity index (χ1n) is 19.2. The summed E-state index contributed by atoms with van der Waals surface area (Å²) in [5.74, 6) is 1.15. The summed E-state index contributed by atoms with van der Waals surface area (Å²) in [4.78, 5) is 14.3. The number of allylic oxidation sites excluding steroid dienone is 1. The molecular weight excluding hydrogens is 679 g/mol. The predicted octanol–water partition coefficient (Wildman–Crippen LogP) is 13.4. The van der Waals surface area contributed by atoms with E-state index >= 15 is 0 Å². The van der Waals surface area contributed by atoms with Gasteiger partial charge in [-0.3, -0.25) is 4.99 Å². The molecule has 0 aliphatic rings. The monoisotopic (exact) mass is 725 g/mol. The van der Waals surface area contributed by atoms with E-state index in [9.17, 15) is 0 Å². The quantitative estimate of drug-likeness (QED) is 0.0994. The van der Waals surface area contributed by atoms with Crippen molar-refractivity contribution in [3.05, 3.63) is 221 Å². The van der Waals surface area contributed by atoms with Gasteiger partial charge in [0.25, 0.3) is 0 Å². The molecule has 0 amide bonds. The van der Waals surface area contributed by atoms with Gasteiger partial charge in [-0.1, -0.05) is 196 Å². The highest BCUT2D eigenvalue weighted by Crippen LogP contribution is 2.35. The van der Waals surface area contributed by atoms with Crippen LogP contribution in [0.5, 0.6) is 0 Å². The fraction of sp³-hybridized carbons (Fsp3) is 0.113. The lowest BCUT2D eigenvalue weighted by molar-refractivity contribution is 0.640. The minimum Gasteiger partial charge on any atom is -0.261 e. The van der Waals surface area contributed by atoms with E-state index in [4.69, 9.17) is 9.98 Å². The Morgan fingerprint density at radius 1 is 0.554 bits per heavy atom. The standard InChI is InChI=1S/C53H47N3/c1-6-15-49-38(2)16-13-23-50(49)46-22-14-21-45(36-46)42-30-34-48(35-31-42)53(3,4)47-32-24-39(25-33-47)37-55-52(43-19-11-8-12-20-43)56-51(54-5)44-28-26-41(27-29-44)40-17-9-7-10-18-40/h6-36H,5,37H2,1-4H3/b15-6-,55-52?,56-51?. The van der Waals surface area contributed by atoms with Crippen molar-refractivity contribution >= 4 is 24.5 Å². The third-order valence-corrected chi connectivity index (χ3v) is 10.5. The van der Waals surface area contributed by atoms with Crippen LogP contribution in [0.25, 0.3) is 39.5 Å². The van der Waals surface area contributed by atoms with Crippen LogP contribution in [0.1, 0.15) is 59.7 Å². The average molecular weight is 726 g/mol. The molecule has 0 heterocycles. The van der Waals surface area contributed by atoms with Crippen LogP contribution in [-0.2, 0) is 12.0 Å². The fourth-order valence-corrected chi connectivity index (χ4v) is 7.14. The number of aryl methyl sites for hydroxylation is 1. The summed E-state index contributed by atoms with van der Waals surface area (Å²) in [6.07, 6.45) is 4.32. The van der Waals surface area contributed by atoms with Gasteiger partial charge in [0.15, 0.2) is 11.7 Å². The molecule has 0 spiro atoms. The molecule has 274 valence electrons. The minimum atomic E-state index is -0.189. The molecule has 7 aromatic rings. The molecular formula is C53H47N3. The number of hydrogen-bond acceptors (Lipinski definition) is 1. The van der Waals surface area contributed by atoms with E-state index in [0.717, 1.165) is 27.8 Å². The minimum absolute atomic E-state index is 0.189. The van der Waals surface area contributed by atoms with E-state index in [1.54, 1.807) is 0 Å². The van der Waals surface area contributed by atoms with E-state index in [2.05, 4.69) is 167 Å². The molecule has 0 aliphatic carbocycles. The van der Waals surface area contributed by atoms with Gasteiger partial charge in [0.2, 0.25) is 0 Å². The molecule has 0 bridgehead atoms. The molecule has 56 heavy (non-hydrogen) atoms. The zero-order valence-corrected chi connectivity index (χ0v) is 32.7. The van der Waals surface area contributed by atoms with Crippen molar-refractivity contribution in [1.82, 2.24) is 0 Å². The Hall–Kier alpha value is -6.71. The van der Waals surface area contributed by atoms with Gasteiger partial charge in [-0.25, -0.2) is 9.98 Å². The highest BCUT2D eigenvalue weighted by Gasteiger charge is 2.23. The van der Waals surface area contributed by atoms with Gasteiger partial charge in [0.1, 0.15) is 0 Å². The van der Waals surface area contributed by atoms with E-state index < -0.39 is 0 Å². The van der Waals surface area contributed by atoms with E-state index in [0.29, 0.717) is 18.2 Å². The van der Waals surface area contributed by atoms with Crippen LogP contribution in [-0.4, -0.2) is 18.4 Å². The molecule has 0 saturated carbocycles. The molecule has 0 saturated heterocycles. The fourth-order valence-electron chi connectivity index (χ4n) is 7.14. The van der Waals surface area contributed by atoms with Crippen molar-refractivity contribution in [1.29, 1.82) is 0 Å². The van der Waals surface area contributed by atoms with E-state index in [1.807, 2.05) is 60.7 Å². The van der Waals surface area contributed by atoms with Crippen LogP contribution in [0.15, 0.2) is 197 Å². The average Bonchev–Trinajstić information content (AvgIpc) is 3.25. The highest BCUT2D eigenvalue weighted by atomic mass is 15.0. The summed E-state index contributed by atoms with van der Waals surface area (Å²) in [5.41, 5.74) is 15.0. The summed E-state index contributed by atoms with van der Waals surface area (Å²) in [6, 6.07) is 61.9. The molecule has 0 aromatic heterocycles. The summed E-state index contributed by atoms with van der Waals surface area (Å²) >= 11 is 0. The van der Waals surface area contributed by atoms with Crippen LogP contribution >= 0.6 is 0 Å². The second-order valence-corrected chi connectivity index (χ2v) is 14.6. The molecule has 0 unspecified atom stereocenters. The third-order valence-electron chi connectivity index (χ3n) is 10.5. The molecule has 0 radical (unpaired) electrons. The Kier molecular flexibility index (Phi) is 11.5. The number of rotatable bonds is 10. The molecule has 7 aromatic carbocycles. The van der Waals surface area contributed by atoms with Gasteiger partial charge >= 0.3 is 0 Å². The van der Waals surface area contributed by atoms with Crippen LogP contribution < -0.4 is 0 Å². The number of nitrogens with zero attached hydrogens (tertiary/aromatic N) is 3. The van der Waals surface area contributed by atoms with Gasteiger partial charge in [0, 0.05) is 16.5 Å². The lowest BCUT2D eigenvalue weighted by Gasteiger charge is -2.26. The molecule has 0 aliphatic heterocycles. The van der Waals surface area contributed by atoms with Gasteiger partial charge < -0.3 is 0 Å². The summed E-state index contributed by atoms with van der Waals surface area (Å²) in [5, 5.41) is 0. The van der Waals surface area contributed by atoms with Crippen LogP contribution in [0.2, 0.25) is 0 Å². The van der Waals surface area contributed by atoms with Gasteiger partial charge in [-0.15, -0.1) is 0 Å². The van der Waals surface area contributed by atoms with Gasteiger partial charge in [-0.2, -0.15) is 0 Å². The van der Waals surface area contributed by atoms with Crippen molar-refractivity contribution in [3.63, 3.8) is 0 Å². The van der Waals surface area contributed by atoms with Crippen LogP contribution in [0.3, 0.4) is 0 Å². The summed E-state index contributed by atoms with van der Waals surface area (Å²) in [7, 11) is 0. The third kappa shape index (κ3) is 8.48. The van der Waals surface area contributed by atoms with Gasteiger partial charge in [-0.05, 0) is 87.8 Å². The molecule has 3 nitrogen and oxygen atoms in total. The first kappa shape index (κ1) is 37.6. The van der Waals surface area contributed by atoms with E-state index in [-0.39, 0.29) is 5.41 Å². The van der Waals surface area contributed by atoms with Crippen molar-refractivity contribution < 1.29 is 0 Å². The first-order chi connectivity index (χ1) is 27.3. The lowest BCUT2D eigenvalue weighted by atomic mass is 9.77. The zero-order chi connectivity index (χ0) is 38.9. The number of hydrogen-bond donors (Lipinski definition) is 0. The Labute approximate surface area is 332 Å². The maximum absolute atomic E-state index is 5.01. The zero-order valence-electron chi connectivity index (χ0n) is 32.7.